The topological polar surface area (TPSA) is 86.3 Å². The predicted molar refractivity (Wildman–Crippen MR) is 102 cm³/mol. The van der Waals surface area contributed by atoms with Crippen LogP contribution in [0.25, 0.3) is 0 Å². The first-order chi connectivity index (χ1) is 13.7. The first-order valence-corrected chi connectivity index (χ1v) is 10.4. The first-order valence-electron chi connectivity index (χ1n) is 10.4. The van der Waals surface area contributed by atoms with Crippen molar-refractivity contribution in [3.05, 3.63) is 29.7 Å². The van der Waals surface area contributed by atoms with Gasteiger partial charge in [-0.15, -0.1) is 0 Å². The highest BCUT2D eigenvalue weighted by molar-refractivity contribution is 5.76. The molecule has 2 aliphatic heterocycles. The Bertz CT molecular complexity index is 780. The average molecular weight is 387 g/mol. The van der Waals surface area contributed by atoms with Crippen LogP contribution >= 0.6 is 0 Å². The molecule has 0 aromatic carbocycles. The molecule has 0 aliphatic carbocycles. The van der Waals surface area contributed by atoms with Crippen molar-refractivity contribution in [2.24, 2.45) is 5.92 Å². The average Bonchev–Trinajstić information content (AvgIpc) is 3.36. The van der Waals surface area contributed by atoms with Gasteiger partial charge >= 0.3 is 0 Å². The van der Waals surface area contributed by atoms with Crippen LogP contribution in [-0.4, -0.2) is 57.0 Å². The molecule has 2 fully saturated rings. The van der Waals surface area contributed by atoms with Gasteiger partial charge in [-0.3, -0.25) is 9.48 Å². The van der Waals surface area contributed by atoms with E-state index in [1.165, 1.54) is 0 Å². The van der Waals surface area contributed by atoms with E-state index >= 15 is 0 Å². The highest BCUT2D eigenvalue weighted by Gasteiger charge is 2.25. The number of hydrogen-bond donors (Lipinski definition) is 0. The van der Waals surface area contributed by atoms with E-state index in [4.69, 9.17) is 9.26 Å². The summed E-state index contributed by atoms with van der Waals surface area (Å²) >= 11 is 0. The van der Waals surface area contributed by atoms with Gasteiger partial charge in [-0.1, -0.05) is 5.16 Å². The lowest BCUT2D eigenvalue weighted by atomic mass is 9.93. The van der Waals surface area contributed by atoms with Gasteiger partial charge in [0, 0.05) is 44.8 Å². The number of aryl methyl sites for hydroxylation is 2. The fourth-order valence-corrected chi connectivity index (χ4v) is 4.13. The quantitative estimate of drug-likeness (QED) is 0.756. The van der Waals surface area contributed by atoms with E-state index < -0.39 is 0 Å². The second-order valence-electron chi connectivity index (χ2n) is 7.98. The van der Waals surface area contributed by atoms with Gasteiger partial charge in [0.2, 0.25) is 11.8 Å². The number of carbonyl (C=O) groups excluding carboxylic acids is 1. The summed E-state index contributed by atoms with van der Waals surface area (Å²) in [5.74, 6) is 2.52. The first kappa shape index (κ1) is 19.1. The lowest BCUT2D eigenvalue weighted by Gasteiger charge is -2.32. The Labute approximate surface area is 165 Å². The van der Waals surface area contributed by atoms with Crippen LogP contribution in [0.4, 0.5) is 0 Å². The number of hydrogen-bond acceptors (Lipinski definition) is 6. The molecule has 0 radical (unpaired) electrons. The van der Waals surface area contributed by atoms with E-state index in [1.54, 1.807) is 4.68 Å². The minimum absolute atomic E-state index is 0.147. The van der Waals surface area contributed by atoms with Crippen molar-refractivity contribution in [1.29, 1.82) is 0 Å². The summed E-state index contributed by atoms with van der Waals surface area (Å²) in [6.07, 6.45) is 7.76. The highest BCUT2D eigenvalue weighted by Crippen LogP contribution is 2.26. The zero-order valence-electron chi connectivity index (χ0n) is 16.5. The Morgan fingerprint density at radius 3 is 2.93 bits per heavy atom. The molecule has 28 heavy (non-hydrogen) atoms. The van der Waals surface area contributed by atoms with Crippen LogP contribution in [-0.2, 0) is 22.5 Å². The van der Waals surface area contributed by atoms with Crippen LogP contribution in [0.1, 0.15) is 55.4 Å². The third kappa shape index (κ3) is 4.79. The minimum Gasteiger partial charge on any atom is -0.381 e. The molecular weight excluding hydrogens is 358 g/mol. The predicted octanol–water partition coefficient (Wildman–Crippen LogP) is 2.34. The van der Waals surface area contributed by atoms with Crippen molar-refractivity contribution in [3.8, 4) is 0 Å². The maximum absolute atomic E-state index is 12.6. The summed E-state index contributed by atoms with van der Waals surface area (Å²) in [4.78, 5) is 19.2. The summed E-state index contributed by atoms with van der Waals surface area (Å²) in [5, 5.41) is 8.48. The second-order valence-corrected chi connectivity index (χ2v) is 7.98. The molecule has 0 saturated carbocycles. The molecule has 1 unspecified atom stereocenters. The maximum atomic E-state index is 12.6. The molecule has 0 N–H and O–H groups in total. The van der Waals surface area contributed by atoms with Crippen molar-refractivity contribution in [2.75, 3.05) is 26.3 Å². The molecule has 2 saturated heterocycles. The summed E-state index contributed by atoms with van der Waals surface area (Å²) in [5.41, 5.74) is 0.935. The molecule has 4 heterocycles. The fourth-order valence-electron chi connectivity index (χ4n) is 4.13. The summed E-state index contributed by atoms with van der Waals surface area (Å²) in [7, 11) is 0. The lowest BCUT2D eigenvalue weighted by molar-refractivity contribution is -0.133. The van der Waals surface area contributed by atoms with Crippen molar-refractivity contribution in [2.45, 2.75) is 57.9 Å². The molecule has 0 bridgehead atoms. The summed E-state index contributed by atoms with van der Waals surface area (Å²) in [6, 6.07) is 1.92. The van der Waals surface area contributed by atoms with Crippen LogP contribution in [0.2, 0.25) is 0 Å². The van der Waals surface area contributed by atoms with Crippen molar-refractivity contribution < 1.29 is 14.1 Å². The molecule has 2 aliphatic rings. The molecule has 152 valence electrons. The molecule has 4 rings (SSSR count). The number of amides is 1. The van der Waals surface area contributed by atoms with Crippen LogP contribution in [0.15, 0.2) is 16.8 Å². The van der Waals surface area contributed by atoms with E-state index in [2.05, 4.69) is 15.2 Å². The SMILES string of the molecule is Cc1ccn(CC(=O)N2CCCC(CCc3noc(C4CCOCC4)n3)C2)n1. The standard InChI is InChI=1S/C20H29N5O3/c1-15-6-10-25(22-15)14-19(26)24-9-2-3-16(13-24)4-5-18-21-20(28-23-18)17-7-11-27-12-8-17/h6,10,16-17H,2-5,7-9,11-14H2,1H3. The zero-order chi connectivity index (χ0) is 19.3. The number of rotatable bonds is 6. The van der Waals surface area contributed by atoms with Gasteiger partial charge in [0.1, 0.15) is 6.54 Å². The van der Waals surface area contributed by atoms with Crippen molar-refractivity contribution in [3.63, 3.8) is 0 Å². The van der Waals surface area contributed by atoms with Crippen LogP contribution in [0.3, 0.4) is 0 Å². The van der Waals surface area contributed by atoms with Crippen LogP contribution < -0.4 is 0 Å². The van der Waals surface area contributed by atoms with Gasteiger partial charge < -0.3 is 14.2 Å². The Morgan fingerprint density at radius 2 is 2.14 bits per heavy atom. The van der Waals surface area contributed by atoms with E-state index in [-0.39, 0.29) is 5.91 Å². The van der Waals surface area contributed by atoms with Crippen molar-refractivity contribution >= 4 is 5.91 Å². The lowest BCUT2D eigenvalue weighted by Crippen LogP contribution is -2.41. The van der Waals surface area contributed by atoms with Gasteiger partial charge in [-0.25, -0.2) is 0 Å². The molecule has 1 atom stereocenters. The molecule has 0 spiro atoms. The number of piperidine rings is 1. The van der Waals surface area contributed by atoms with Gasteiger partial charge in [-0.05, 0) is 51.0 Å². The minimum atomic E-state index is 0.147. The van der Waals surface area contributed by atoms with Crippen LogP contribution in [0, 0.1) is 12.8 Å². The van der Waals surface area contributed by atoms with E-state index in [1.807, 2.05) is 24.1 Å². The van der Waals surface area contributed by atoms with E-state index in [0.717, 1.165) is 82.2 Å². The van der Waals surface area contributed by atoms with Gasteiger partial charge in [0.05, 0.1) is 5.69 Å². The number of ether oxygens (including phenoxy) is 1. The van der Waals surface area contributed by atoms with Crippen molar-refractivity contribution in [1.82, 2.24) is 24.8 Å². The normalized spacial score (nSPS) is 21.2. The molecule has 2 aromatic heterocycles. The maximum Gasteiger partial charge on any atom is 0.244 e. The summed E-state index contributed by atoms with van der Waals surface area (Å²) < 4.78 is 12.6. The zero-order valence-corrected chi connectivity index (χ0v) is 16.5. The molecule has 1 amide bonds. The molecule has 8 nitrogen and oxygen atoms in total. The Kier molecular flexibility index (Phi) is 6.04. The van der Waals surface area contributed by atoms with Gasteiger partial charge in [-0.2, -0.15) is 10.1 Å². The third-order valence-corrected chi connectivity index (χ3v) is 5.77. The smallest absolute Gasteiger partial charge is 0.244 e. The molecule has 2 aromatic rings. The fraction of sp³-hybridized carbons (Fsp3) is 0.700. The Morgan fingerprint density at radius 1 is 1.29 bits per heavy atom. The Hall–Kier alpha value is -2.22. The number of nitrogens with zero attached hydrogens (tertiary/aromatic N) is 5. The monoisotopic (exact) mass is 387 g/mol. The van der Waals surface area contributed by atoms with E-state index in [0.29, 0.717) is 18.4 Å². The van der Waals surface area contributed by atoms with E-state index in [9.17, 15) is 4.79 Å². The number of aromatic nitrogens is 4. The molecule has 8 heteroatoms. The third-order valence-electron chi connectivity index (χ3n) is 5.77. The van der Waals surface area contributed by atoms with Gasteiger partial charge in [0.15, 0.2) is 5.82 Å². The Balaban J connectivity index is 1.26. The summed E-state index contributed by atoms with van der Waals surface area (Å²) in [6.45, 7) is 5.44. The van der Waals surface area contributed by atoms with Crippen LogP contribution in [0.5, 0.6) is 0 Å². The largest absolute Gasteiger partial charge is 0.381 e. The highest BCUT2D eigenvalue weighted by atomic mass is 16.5. The number of likely N-dealkylation sites (tertiary alicyclic amines) is 1. The van der Waals surface area contributed by atoms with Gasteiger partial charge in [0.25, 0.3) is 0 Å². The number of carbonyl (C=O) groups is 1. The second kappa shape index (κ2) is 8.86. The molecular formula is C20H29N5O3.